The van der Waals surface area contributed by atoms with Crippen LogP contribution in [-0.2, 0) is 9.59 Å². The summed E-state index contributed by atoms with van der Waals surface area (Å²) < 4.78 is 3.11. The molecule has 0 atom stereocenters. The summed E-state index contributed by atoms with van der Waals surface area (Å²) in [5.41, 5.74) is 3.52. The van der Waals surface area contributed by atoms with Crippen LogP contribution in [0.15, 0.2) is 65.7 Å². The lowest BCUT2D eigenvalue weighted by Crippen LogP contribution is -2.57. The van der Waals surface area contributed by atoms with Crippen molar-refractivity contribution in [3.8, 4) is 22.4 Å². The number of rotatable bonds is 5. The zero-order valence-electron chi connectivity index (χ0n) is 23.6. The molecular weight excluding hydrogens is 584 g/mol. The van der Waals surface area contributed by atoms with E-state index in [0.717, 1.165) is 45.5 Å². The third-order valence-corrected chi connectivity index (χ3v) is 8.95. The van der Waals surface area contributed by atoms with E-state index in [2.05, 4.69) is 43.7 Å². The van der Waals surface area contributed by atoms with Gasteiger partial charge in [0.15, 0.2) is 0 Å². The Hall–Kier alpha value is -3.50. The molecule has 0 unspecified atom stereocenters. The van der Waals surface area contributed by atoms with Crippen LogP contribution in [-0.4, -0.2) is 78.2 Å². The van der Waals surface area contributed by atoms with E-state index >= 15 is 0 Å². The topological polar surface area (TPSA) is 107 Å². The Bertz CT molecular complexity index is 1420. The predicted molar refractivity (Wildman–Crippen MR) is 161 cm³/mol. The van der Waals surface area contributed by atoms with Gasteiger partial charge in [-0.1, -0.05) is 43.3 Å². The number of nitrogens with zero attached hydrogens (tertiary/aromatic N) is 5. The van der Waals surface area contributed by atoms with E-state index in [9.17, 15) is 14.7 Å². The molecule has 2 aliphatic heterocycles. The van der Waals surface area contributed by atoms with Crippen LogP contribution in [0.5, 0.6) is 0 Å². The van der Waals surface area contributed by atoms with E-state index in [0.29, 0.717) is 32.6 Å². The molecule has 0 bridgehead atoms. The zero-order chi connectivity index (χ0) is 29.0. The standard InChI is InChI=1S/C31H37BrN6O3/c1-3-29(39)36-17-13-31(41,14-18-36)30(40)37-15-11-25(12-16-37)38-22(2)26(20-34-35-21-28(38)32)24-9-10-27(33-19-24)23-7-5-4-6-8-23/h4-10,19-21,25,35,41H,3,11-18H2,1-2H3. The number of pyridine rings is 1. The van der Waals surface area contributed by atoms with Crippen molar-refractivity contribution in [2.24, 2.45) is 0 Å². The quantitative estimate of drug-likeness (QED) is 0.414. The normalized spacial score (nSPS) is 17.3. The monoisotopic (exact) mass is 620 g/mol. The average molecular weight is 622 g/mol. The Balaban J connectivity index is 1.33. The number of amides is 2. The fourth-order valence-electron chi connectivity index (χ4n) is 5.89. The Morgan fingerprint density at radius 1 is 1.00 bits per heavy atom. The number of halogens is 1. The first kappa shape index (κ1) is 29.0. The molecule has 5 rings (SSSR count). The number of nitrogens with one attached hydrogen (secondary N) is 1. The number of H-pyrrole nitrogens is 1. The van der Waals surface area contributed by atoms with Crippen LogP contribution in [0, 0.1) is 6.92 Å². The first-order chi connectivity index (χ1) is 19.8. The van der Waals surface area contributed by atoms with Crippen molar-refractivity contribution in [3.05, 3.63) is 71.4 Å². The summed E-state index contributed by atoms with van der Waals surface area (Å²) in [4.78, 5) is 33.7. The van der Waals surface area contributed by atoms with E-state index in [4.69, 9.17) is 4.98 Å². The van der Waals surface area contributed by atoms with Gasteiger partial charge in [0.05, 0.1) is 18.1 Å². The number of piperidine rings is 2. The molecule has 10 heteroatoms. The number of aromatic amines is 1. The highest BCUT2D eigenvalue weighted by atomic mass is 79.9. The molecular formula is C31H37BrN6O3. The van der Waals surface area contributed by atoms with Crippen LogP contribution < -0.4 is 0 Å². The summed E-state index contributed by atoms with van der Waals surface area (Å²) >= 11 is 3.74. The molecule has 0 radical (unpaired) electrons. The number of aromatic nitrogens is 4. The van der Waals surface area contributed by atoms with Gasteiger partial charge in [0.25, 0.3) is 5.91 Å². The van der Waals surface area contributed by atoms with Crippen molar-refractivity contribution in [2.45, 2.75) is 57.6 Å². The van der Waals surface area contributed by atoms with Crippen LogP contribution in [0.25, 0.3) is 22.4 Å². The van der Waals surface area contributed by atoms with Crippen LogP contribution in [0.3, 0.4) is 0 Å². The van der Waals surface area contributed by atoms with Gasteiger partial charge in [-0.2, -0.15) is 5.10 Å². The summed E-state index contributed by atoms with van der Waals surface area (Å²) in [6, 6.07) is 14.3. The molecule has 2 amide bonds. The van der Waals surface area contributed by atoms with Gasteiger partial charge >= 0.3 is 0 Å². The van der Waals surface area contributed by atoms with Crippen LogP contribution in [0.2, 0.25) is 0 Å². The number of aliphatic hydroxyl groups is 1. The Labute approximate surface area is 249 Å². The molecule has 1 aromatic carbocycles. The lowest BCUT2D eigenvalue weighted by Gasteiger charge is -2.42. The molecule has 4 heterocycles. The zero-order valence-corrected chi connectivity index (χ0v) is 25.2. The highest BCUT2D eigenvalue weighted by Gasteiger charge is 2.43. The first-order valence-corrected chi connectivity index (χ1v) is 15.1. The smallest absolute Gasteiger partial charge is 0.254 e. The maximum Gasteiger partial charge on any atom is 0.254 e. The SMILES string of the molecule is CCC(=O)N1CCC(O)(C(=O)N2CCC(n3c(Br)c[nH]ncc(-c4ccc(-c5ccccc5)nc4)c3C)CC2)CC1. The van der Waals surface area contributed by atoms with Gasteiger partial charge in [-0.3, -0.25) is 19.7 Å². The maximum absolute atomic E-state index is 13.4. The van der Waals surface area contributed by atoms with Crippen molar-refractivity contribution in [3.63, 3.8) is 0 Å². The molecule has 2 N–H and O–H groups in total. The summed E-state index contributed by atoms with van der Waals surface area (Å²) in [5.74, 6) is -0.148. The molecule has 2 aliphatic rings. The van der Waals surface area contributed by atoms with Gasteiger partial charge in [0, 0.05) is 80.1 Å². The number of carbonyl (C=O) groups is 2. The number of hydrogen-bond donors (Lipinski definition) is 2. The van der Waals surface area contributed by atoms with Gasteiger partial charge < -0.3 is 19.5 Å². The van der Waals surface area contributed by atoms with E-state index in [1.54, 1.807) is 9.80 Å². The van der Waals surface area contributed by atoms with Crippen LogP contribution in [0.1, 0.15) is 50.8 Å². The van der Waals surface area contributed by atoms with E-state index in [1.807, 2.05) is 61.9 Å². The molecule has 216 valence electrons. The lowest BCUT2D eigenvalue weighted by atomic mass is 9.88. The second kappa shape index (κ2) is 12.6. The van der Waals surface area contributed by atoms with Crippen LogP contribution in [0.4, 0.5) is 0 Å². The number of benzene rings is 1. The Morgan fingerprint density at radius 3 is 2.34 bits per heavy atom. The van der Waals surface area contributed by atoms with Gasteiger partial charge in [0.2, 0.25) is 5.91 Å². The molecule has 2 saturated heterocycles. The van der Waals surface area contributed by atoms with Crippen molar-refractivity contribution in [1.82, 2.24) is 29.5 Å². The molecule has 0 saturated carbocycles. The van der Waals surface area contributed by atoms with E-state index in [-0.39, 0.29) is 30.7 Å². The first-order valence-electron chi connectivity index (χ1n) is 14.3. The third kappa shape index (κ3) is 6.23. The van der Waals surface area contributed by atoms with Gasteiger partial charge in [-0.15, -0.1) is 0 Å². The minimum atomic E-state index is -1.40. The number of likely N-dealkylation sites (tertiary alicyclic amines) is 2. The highest BCUT2D eigenvalue weighted by molar-refractivity contribution is 9.10. The van der Waals surface area contributed by atoms with E-state index in [1.165, 1.54) is 0 Å². The average Bonchev–Trinajstić information content (AvgIpc) is 3.01. The number of carbonyl (C=O) groups excluding carboxylic acids is 2. The number of hydrogen-bond acceptors (Lipinski definition) is 5. The fourth-order valence-corrected chi connectivity index (χ4v) is 6.55. The summed E-state index contributed by atoms with van der Waals surface area (Å²) in [6.45, 7) is 5.85. The minimum Gasteiger partial charge on any atom is -0.380 e. The van der Waals surface area contributed by atoms with Crippen molar-refractivity contribution in [2.75, 3.05) is 26.2 Å². The minimum absolute atomic E-state index is 0.0671. The molecule has 3 aromatic rings. The summed E-state index contributed by atoms with van der Waals surface area (Å²) in [5, 5.41) is 18.6. The molecule has 0 spiro atoms. The van der Waals surface area contributed by atoms with Crippen molar-refractivity contribution >= 4 is 27.7 Å². The van der Waals surface area contributed by atoms with Gasteiger partial charge in [-0.25, -0.2) is 0 Å². The largest absolute Gasteiger partial charge is 0.380 e. The highest BCUT2D eigenvalue weighted by Crippen LogP contribution is 2.33. The molecule has 41 heavy (non-hydrogen) atoms. The molecule has 0 aliphatic carbocycles. The van der Waals surface area contributed by atoms with Gasteiger partial charge in [0.1, 0.15) is 10.2 Å². The molecule has 9 nitrogen and oxygen atoms in total. The predicted octanol–water partition coefficient (Wildman–Crippen LogP) is 5.06. The maximum atomic E-state index is 13.4. The summed E-state index contributed by atoms with van der Waals surface area (Å²) in [7, 11) is 0. The Kier molecular flexibility index (Phi) is 8.89. The fraction of sp³-hybridized carbons (Fsp3) is 0.419. The molecule has 2 fully saturated rings. The summed E-state index contributed by atoms with van der Waals surface area (Å²) in [6.07, 6.45) is 8.02. The molecule has 2 aromatic heterocycles. The third-order valence-electron chi connectivity index (χ3n) is 8.34. The van der Waals surface area contributed by atoms with Gasteiger partial charge in [-0.05, 0) is 41.8 Å². The Morgan fingerprint density at radius 2 is 1.71 bits per heavy atom. The van der Waals surface area contributed by atoms with Crippen molar-refractivity contribution in [1.29, 1.82) is 0 Å². The second-order valence-corrected chi connectivity index (χ2v) is 11.6. The van der Waals surface area contributed by atoms with Crippen LogP contribution >= 0.6 is 15.9 Å². The van der Waals surface area contributed by atoms with E-state index < -0.39 is 5.60 Å². The second-order valence-electron chi connectivity index (χ2n) is 10.8. The van der Waals surface area contributed by atoms with Crippen molar-refractivity contribution < 1.29 is 14.7 Å². The lowest BCUT2D eigenvalue weighted by molar-refractivity contribution is -0.160.